The first kappa shape index (κ1) is 18.2. The summed E-state index contributed by atoms with van der Waals surface area (Å²) in [6, 6.07) is 0. The van der Waals surface area contributed by atoms with Crippen LogP contribution in [0.15, 0.2) is 0 Å². The highest BCUT2D eigenvalue weighted by Crippen LogP contribution is 2.23. The molecule has 0 saturated carbocycles. The highest BCUT2D eigenvalue weighted by atomic mass is 28.5. The Bertz CT molecular complexity index is 189. The first-order valence-corrected chi connectivity index (χ1v) is 8.99. The molecule has 0 bridgehead atoms. The lowest BCUT2D eigenvalue weighted by Crippen LogP contribution is -2.73. The third-order valence-electron chi connectivity index (χ3n) is 2.66. The van der Waals surface area contributed by atoms with Crippen molar-refractivity contribution in [2.45, 2.75) is 13.3 Å². The second kappa shape index (κ2) is 8.35. The van der Waals surface area contributed by atoms with Gasteiger partial charge >= 0.3 is 17.9 Å². The van der Waals surface area contributed by atoms with Crippen molar-refractivity contribution in [3.8, 4) is 0 Å². The van der Waals surface area contributed by atoms with Gasteiger partial charge in [-0.15, -0.1) is 0 Å². The molecule has 0 aromatic carbocycles. The van der Waals surface area contributed by atoms with Crippen molar-refractivity contribution in [3.05, 3.63) is 0 Å². The molecule has 7 nitrogen and oxygen atoms in total. The smallest absolute Gasteiger partial charge is 0.365 e. The fourth-order valence-corrected chi connectivity index (χ4v) is 8.13. The second-order valence-corrected chi connectivity index (χ2v) is 9.50. The van der Waals surface area contributed by atoms with Gasteiger partial charge in [0.1, 0.15) is 0 Å². The Morgan fingerprint density at radius 1 is 0.667 bits per heavy atom. The van der Waals surface area contributed by atoms with Gasteiger partial charge in [0, 0.05) is 42.7 Å². The third-order valence-corrected chi connectivity index (χ3v) is 9.16. The fraction of sp³-hybridized carbons (Fsp3) is 1.00. The van der Waals surface area contributed by atoms with E-state index in [1.54, 1.807) is 42.7 Å². The van der Waals surface area contributed by atoms with Gasteiger partial charge in [0.05, 0.1) is 0 Å². The summed E-state index contributed by atoms with van der Waals surface area (Å²) in [6.45, 7) is 2.66. The molecule has 0 aromatic rings. The predicted molar refractivity (Wildman–Crippen MR) is 70.6 cm³/mol. The Morgan fingerprint density at radius 2 is 0.944 bits per heavy atom. The van der Waals surface area contributed by atoms with Crippen LogP contribution in [0.25, 0.3) is 0 Å². The summed E-state index contributed by atoms with van der Waals surface area (Å²) in [5.41, 5.74) is 0. The minimum absolute atomic E-state index is 0.628. The molecule has 0 saturated heterocycles. The number of hydrogen-bond acceptors (Lipinski definition) is 7. The van der Waals surface area contributed by atoms with E-state index in [1.807, 2.05) is 11.2 Å². The summed E-state index contributed by atoms with van der Waals surface area (Å²) >= 11 is 0. The maximum atomic E-state index is 5.48. The van der Waals surface area contributed by atoms with Crippen molar-refractivity contribution in [1.82, 2.24) is 4.23 Å². The molecule has 0 heterocycles. The summed E-state index contributed by atoms with van der Waals surface area (Å²) in [6.07, 6.45) is 0.857. The quantitative estimate of drug-likeness (QED) is 0.543. The van der Waals surface area contributed by atoms with Crippen LogP contribution in [0.4, 0.5) is 0 Å². The van der Waals surface area contributed by atoms with Crippen molar-refractivity contribution < 1.29 is 26.6 Å². The maximum Gasteiger partial charge on any atom is 0.597 e. The summed E-state index contributed by atoms with van der Waals surface area (Å²) in [7, 11) is 3.17. The Morgan fingerprint density at radius 3 is 1.11 bits per heavy atom. The van der Waals surface area contributed by atoms with E-state index in [4.69, 9.17) is 26.6 Å². The van der Waals surface area contributed by atoms with Crippen LogP contribution in [-0.2, 0) is 26.6 Å². The van der Waals surface area contributed by atoms with E-state index in [1.165, 1.54) is 0 Å². The van der Waals surface area contributed by atoms with Gasteiger partial charge in [-0.2, -0.15) is 0 Å². The van der Waals surface area contributed by atoms with Crippen LogP contribution in [0.5, 0.6) is 0 Å². The van der Waals surface area contributed by atoms with Crippen LogP contribution in [0.3, 0.4) is 0 Å². The van der Waals surface area contributed by atoms with Gasteiger partial charge in [0.15, 0.2) is 0 Å². The van der Waals surface area contributed by atoms with Crippen LogP contribution in [0.1, 0.15) is 13.3 Å². The maximum absolute atomic E-state index is 5.48. The van der Waals surface area contributed by atoms with Crippen molar-refractivity contribution in [2.24, 2.45) is 0 Å². The largest absolute Gasteiger partial charge is 0.597 e. The van der Waals surface area contributed by atoms with Gasteiger partial charge in [0.25, 0.3) is 0 Å². The van der Waals surface area contributed by atoms with Gasteiger partial charge in [-0.3, -0.25) is 0 Å². The third kappa shape index (κ3) is 3.37. The van der Waals surface area contributed by atoms with E-state index < -0.39 is 17.9 Å². The Balaban J connectivity index is 5.49. The lowest BCUT2D eigenvalue weighted by atomic mass is 10.5. The molecule has 18 heavy (non-hydrogen) atoms. The highest BCUT2D eigenvalue weighted by molar-refractivity contribution is 6.74. The summed E-state index contributed by atoms with van der Waals surface area (Å²) < 4.78 is 34.7. The topological polar surface area (TPSA) is 58.6 Å². The molecule has 0 aromatic heterocycles. The van der Waals surface area contributed by atoms with Gasteiger partial charge < -0.3 is 26.6 Å². The molecule has 0 atom stereocenters. The van der Waals surface area contributed by atoms with Crippen LogP contribution in [0.2, 0.25) is 0 Å². The zero-order valence-corrected chi connectivity index (χ0v) is 14.3. The Kier molecular flexibility index (Phi) is 8.42. The normalized spacial score (nSPS) is 13.3. The minimum atomic E-state index is -3.05. The van der Waals surface area contributed by atoms with Crippen molar-refractivity contribution in [1.29, 1.82) is 0 Å². The molecule has 9 heteroatoms. The molecule has 0 aliphatic rings. The van der Waals surface area contributed by atoms with E-state index in [9.17, 15) is 0 Å². The van der Waals surface area contributed by atoms with Crippen molar-refractivity contribution in [3.63, 3.8) is 0 Å². The number of hydrogen-bond donors (Lipinski definition) is 0. The molecule has 0 aliphatic carbocycles. The van der Waals surface area contributed by atoms with E-state index in [2.05, 4.69) is 0 Å². The fourth-order valence-electron chi connectivity index (χ4n) is 1.83. The molecular formula is C9H25NO6Si2. The zero-order valence-electron chi connectivity index (χ0n) is 12.3. The zero-order chi connectivity index (χ0) is 14.2. The van der Waals surface area contributed by atoms with E-state index in [-0.39, 0.29) is 0 Å². The van der Waals surface area contributed by atoms with Gasteiger partial charge in [-0.25, -0.2) is 4.23 Å². The van der Waals surface area contributed by atoms with Crippen molar-refractivity contribution in [2.75, 3.05) is 49.2 Å². The average Bonchev–Trinajstić information content (AvgIpc) is 2.44. The molecule has 0 amide bonds. The first-order valence-electron chi connectivity index (χ1n) is 5.64. The van der Waals surface area contributed by atoms with Gasteiger partial charge in [0.2, 0.25) is 0 Å². The molecule has 0 spiro atoms. The molecule has 0 radical (unpaired) electrons. The Hall–Kier alpha value is 0.154. The van der Waals surface area contributed by atoms with Crippen LogP contribution in [0, 0.1) is 0 Å². The van der Waals surface area contributed by atoms with Crippen LogP contribution >= 0.6 is 0 Å². The summed E-state index contributed by atoms with van der Waals surface area (Å²) in [4.78, 5) is 0. The lowest BCUT2D eigenvalue weighted by Gasteiger charge is -2.42. The van der Waals surface area contributed by atoms with E-state index in [0.29, 0.717) is 6.54 Å². The summed E-state index contributed by atoms with van der Waals surface area (Å²) in [5, 5.41) is 0. The minimum Gasteiger partial charge on any atom is -0.365 e. The molecular weight excluding hydrogens is 274 g/mol. The monoisotopic (exact) mass is 299 g/mol. The second-order valence-electron chi connectivity index (χ2n) is 3.42. The number of rotatable bonds is 10. The number of nitrogens with zero attached hydrogens (tertiary/aromatic N) is 1. The predicted octanol–water partition coefficient (Wildman–Crippen LogP) is 0.448. The molecule has 0 aliphatic heterocycles. The Labute approximate surface area is 112 Å². The summed E-state index contributed by atoms with van der Waals surface area (Å²) in [5.74, 6) is 0. The van der Waals surface area contributed by atoms with Gasteiger partial charge in [-0.1, -0.05) is 6.92 Å². The van der Waals surface area contributed by atoms with Crippen LogP contribution in [-0.4, -0.2) is 71.4 Å². The van der Waals surface area contributed by atoms with Gasteiger partial charge in [-0.05, 0) is 13.0 Å². The SMILES string of the molecule is CCCN([Si](OC)(OC)OC)[Si](OC)(OC)OC. The van der Waals surface area contributed by atoms with Crippen molar-refractivity contribution >= 4 is 17.9 Å². The molecule has 0 unspecified atom stereocenters. The van der Waals surface area contributed by atoms with E-state index in [0.717, 1.165) is 6.42 Å². The van der Waals surface area contributed by atoms with E-state index >= 15 is 0 Å². The molecule has 0 N–H and O–H groups in total. The average molecular weight is 299 g/mol. The van der Waals surface area contributed by atoms with Crippen LogP contribution < -0.4 is 0 Å². The first-order chi connectivity index (χ1) is 8.56. The lowest BCUT2D eigenvalue weighted by molar-refractivity contribution is 0.0206. The molecule has 0 fully saturated rings. The molecule has 110 valence electrons. The standard InChI is InChI=1S/C9H25NO6Si2/c1-8-9-10(17(11-2,12-3)13-4)18(14-5,15-6)16-7/h8-9H2,1-7H3. The molecule has 0 rings (SSSR count). The highest BCUT2D eigenvalue weighted by Gasteiger charge is 2.62.